The molecule has 2 atom stereocenters. The Balaban J connectivity index is 0.000000174. The Morgan fingerprint density at radius 2 is 1.38 bits per heavy atom. The van der Waals surface area contributed by atoms with E-state index in [1.807, 2.05) is 12.1 Å². The summed E-state index contributed by atoms with van der Waals surface area (Å²) in [5.74, 6) is 10.3. The average Bonchev–Trinajstić information content (AvgIpc) is 2.85. The summed E-state index contributed by atoms with van der Waals surface area (Å²) < 4.78 is 0. The normalized spacial score (nSPS) is 9.38. The van der Waals surface area contributed by atoms with Gasteiger partial charge in [-0.15, -0.1) is 0 Å². The Bertz CT molecular complexity index is 174. The molecule has 2 aromatic heterocycles. The first-order chi connectivity index (χ1) is 6.41. The molecule has 0 bridgehead atoms. The van der Waals surface area contributed by atoms with Gasteiger partial charge in [0, 0.05) is 0 Å². The zero-order valence-corrected chi connectivity index (χ0v) is 14.2. The summed E-state index contributed by atoms with van der Waals surface area (Å²) in [7, 11) is 14.6. The third-order valence-electron chi connectivity index (χ3n) is 0.723. The summed E-state index contributed by atoms with van der Waals surface area (Å²) in [5, 5.41) is 0. The maximum atomic E-state index is 4.93. The van der Waals surface area contributed by atoms with Crippen LogP contribution in [-0.4, -0.2) is 0 Å². The van der Waals surface area contributed by atoms with Crippen LogP contribution in [0.4, 0.5) is 0 Å². The average molecular weight is 364 g/mol. The van der Waals surface area contributed by atoms with Crippen LogP contribution in [0.5, 0.6) is 0 Å². The van der Waals surface area contributed by atoms with Crippen LogP contribution < -0.4 is 0 Å². The predicted molar refractivity (Wildman–Crippen MR) is 66.3 cm³/mol. The molecule has 0 saturated carbocycles. The number of rotatable bonds is 0. The molecule has 0 saturated heterocycles. The fourth-order valence-corrected chi connectivity index (χ4v) is 3.35. The van der Waals surface area contributed by atoms with Crippen molar-refractivity contribution in [2.45, 2.75) is 0 Å². The van der Waals surface area contributed by atoms with E-state index in [0.717, 1.165) is 15.7 Å². The first-order valence-electron chi connectivity index (χ1n) is 3.09. The second kappa shape index (κ2) is 13.9. The van der Waals surface area contributed by atoms with E-state index in [1.165, 1.54) is 15.7 Å². The van der Waals surface area contributed by atoms with Crippen LogP contribution in [-0.2, 0) is 20.8 Å². The Kier molecular flexibility index (Phi) is 15.9. The van der Waals surface area contributed by atoms with Crippen molar-refractivity contribution >= 4 is 48.5 Å². The van der Waals surface area contributed by atoms with Gasteiger partial charge >= 0.3 is 37.9 Å². The largest absolute Gasteiger partial charge is 0.225 e. The van der Waals surface area contributed by atoms with Crippen molar-refractivity contribution in [1.29, 1.82) is 0 Å². The van der Waals surface area contributed by atoms with E-state index in [0.29, 0.717) is 0 Å². The van der Waals surface area contributed by atoms with Crippen molar-refractivity contribution in [2.24, 2.45) is 0 Å². The Labute approximate surface area is 104 Å². The third-order valence-corrected chi connectivity index (χ3v) is 4.61. The van der Waals surface area contributed by atoms with Gasteiger partial charge in [0.25, 0.3) is 0 Å². The molecule has 0 fully saturated rings. The molecular formula is C6H6Cl2P4Zr. The van der Waals surface area contributed by atoms with Crippen molar-refractivity contribution in [3.63, 3.8) is 0 Å². The smallest absolute Gasteiger partial charge is 0.187 e. The van der Waals surface area contributed by atoms with Crippen LogP contribution in [0.25, 0.3) is 0 Å². The van der Waals surface area contributed by atoms with Crippen molar-refractivity contribution in [3.05, 3.63) is 35.3 Å². The van der Waals surface area contributed by atoms with Gasteiger partial charge in [0.05, 0.1) is 0 Å². The number of hydrogen-bond donors (Lipinski definition) is 0. The molecule has 0 aromatic carbocycles. The van der Waals surface area contributed by atoms with Crippen molar-refractivity contribution in [2.75, 3.05) is 0 Å². The molecule has 0 amide bonds. The van der Waals surface area contributed by atoms with Gasteiger partial charge in [-0.25, -0.2) is 39.5 Å². The fraction of sp³-hybridized carbons (Fsp3) is 0. The van der Waals surface area contributed by atoms with E-state index in [1.54, 1.807) is 0 Å². The van der Waals surface area contributed by atoms with Gasteiger partial charge in [0.1, 0.15) is 0 Å². The number of hydrogen-bond acceptors (Lipinski definition) is 0. The van der Waals surface area contributed by atoms with Crippen LogP contribution in [0.15, 0.2) is 23.7 Å². The van der Waals surface area contributed by atoms with Gasteiger partial charge in [-0.3, -0.25) is 0 Å². The second-order valence-corrected chi connectivity index (χ2v) is 10.2. The molecule has 2 unspecified atom stereocenters. The van der Waals surface area contributed by atoms with E-state index in [9.17, 15) is 0 Å². The summed E-state index contributed by atoms with van der Waals surface area (Å²) in [6.45, 7) is 0. The fourth-order valence-electron chi connectivity index (χ4n) is 0.373. The summed E-state index contributed by atoms with van der Waals surface area (Å²) in [4.78, 5) is 0. The zero-order valence-electron chi connectivity index (χ0n) is 6.46. The van der Waals surface area contributed by atoms with Crippen molar-refractivity contribution in [1.82, 2.24) is 0 Å². The van der Waals surface area contributed by atoms with Crippen LogP contribution in [0, 0.1) is 11.6 Å². The molecule has 7 heteroatoms. The Morgan fingerprint density at radius 3 is 1.46 bits per heavy atom. The van der Waals surface area contributed by atoms with Crippen LogP contribution in [0.3, 0.4) is 0 Å². The molecule has 2 aromatic rings. The molecule has 0 aliphatic rings. The molecular weight excluding hydrogens is 358 g/mol. The van der Waals surface area contributed by atoms with Crippen LogP contribution in [0.2, 0.25) is 0 Å². The molecule has 0 N–H and O–H groups in total. The summed E-state index contributed by atoms with van der Waals surface area (Å²) >= 11 is -0.826. The molecule has 0 aliphatic heterocycles. The first kappa shape index (κ1) is 14.9. The molecule has 0 spiro atoms. The Morgan fingerprint density at radius 1 is 1.00 bits per heavy atom. The summed E-state index contributed by atoms with van der Waals surface area (Å²) in [5.41, 5.74) is 0. The Hall–Kier alpha value is 1.88. The SMILES string of the molecule is [Cl][Zr+2][Cl].[c-]1cc[pH]p1.[c-]1cc[pH]p1. The van der Waals surface area contributed by atoms with E-state index in [4.69, 9.17) is 17.0 Å². The summed E-state index contributed by atoms with van der Waals surface area (Å²) in [6.07, 6.45) is 0. The summed E-state index contributed by atoms with van der Waals surface area (Å²) in [6, 6.07) is 3.97. The first-order valence-corrected chi connectivity index (χ1v) is 15.1. The minimum absolute atomic E-state index is 0.826. The van der Waals surface area contributed by atoms with E-state index < -0.39 is 20.8 Å². The van der Waals surface area contributed by atoms with E-state index in [2.05, 4.69) is 23.2 Å². The van der Waals surface area contributed by atoms with Gasteiger partial charge < -0.3 is 0 Å². The molecule has 0 nitrogen and oxygen atoms in total. The van der Waals surface area contributed by atoms with Gasteiger partial charge in [-0.1, -0.05) is 0 Å². The standard InChI is InChI=1S/2C3H3P2.2ClH.Zr/c2*1-2-4-5-3-1;;;/h2*1-2,4H;2*1H;/q2*-1;;;+4/p-2. The van der Waals surface area contributed by atoms with E-state index >= 15 is 0 Å². The number of halogens is 2. The maximum Gasteiger partial charge on any atom is -0.187 e. The van der Waals surface area contributed by atoms with E-state index in [-0.39, 0.29) is 0 Å². The topological polar surface area (TPSA) is 0 Å². The minimum atomic E-state index is -0.826. The van der Waals surface area contributed by atoms with Gasteiger partial charge in [0.15, 0.2) is 0 Å². The van der Waals surface area contributed by atoms with Crippen LogP contribution in [0.1, 0.15) is 0 Å². The quantitative estimate of drug-likeness (QED) is 0.536. The molecule has 0 aliphatic carbocycles. The van der Waals surface area contributed by atoms with Crippen molar-refractivity contribution < 1.29 is 20.8 Å². The van der Waals surface area contributed by atoms with Gasteiger partial charge in [0.2, 0.25) is 0 Å². The molecule has 0 radical (unpaired) electrons. The van der Waals surface area contributed by atoms with Crippen LogP contribution >= 0.6 is 48.5 Å². The van der Waals surface area contributed by atoms with Gasteiger partial charge in [-0.2, -0.15) is 27.3 Å². The third kappa shape index (κ3) is 13.9. The molecule has 2 rings (SSSR count). The molecule has 68 valence electrons. The van der Waals surface area contributed by atoms with Crippen molar-refractivity contribution in [3.8, 4) is 0 Å². The monoisotopic (exact) mass is 362 g/mol. The minimum Gasteiger partial charge on any atom is -0.225 e. The maximum absolute atomic E-state index is 4.93. The molecule has 2 heterocycles. The predicted octanol–water partition coefficient (Wildman–Crippen LogP) is 5.57. The second-order valence-electron chi connectivity index (χ2n) is 1.48. The van der Waals surface area contributed by atoms with Gasteiger partial charge in [-0.05, 0) is 0 Å². The molecule has 13 heavy (non-hydrogen) atoms. The zero-order chi connectivity index (χ0) is 9.78.